The number of halogens is 2. The summed E-state index contributed by atoms with van der Waals surface area (Å²) in [4.78, 5) is 11.9. The molecule has 0 atom stereocenters. The fourth-order valence-electron chi connectivity index (χ4n) is 1.98. The minimum atomic E-state index is -0.510. The van der Waals surface area contributed by atoms with Gasteiger partial charge in [-0.05, 0) is 30.3 Å². The maximum absolute atomic E-state index is 11.9. The van der Waals surface area contributed by atoms with Gasteiger partial charge in [0.25, 0.3) is 0 Å². The highest BCUT2D eigenvalue weighted by Crippen LogP contribution is 2.26. The number of hydrogen-bond acceptors (Lipinski definition) is 4. The lowest BCUT2D eigenvalue weighted by molar-refractivity contribution is -0.138. The van der Waals surface area contributed by atoms with Gasteiger partial charge in [-0.25, -0.2) is 4.79 Å². The van der Waals surface area contributed by atoms with Crippen LogP contribution in [0.3, 0.4) is 0 Å². The minimum absolute atomic E-state index is 0.00142. The van der Waals surface area contributed by atoms with Crippen LogP contribution in [0, 0.1) is 0 Å². The third-order valence-corrected chi connectivity index (χ3v) is 3.97. The van der Waals surface area contributed by atoms with E-state index in [-0.39, 0.29) is 6.61 Å². The molecule has 6 heteroatoms. The van der Waals surface area contributed by atoms with Gasteiger partial charge >= 0.3 is 5.97 Å². The second-order valence-electron chi connectivity index (χ2n) is 4.75. The molecular weight excluding hydrogens is 351 g/mol. The van der Waals surface area contributed by atoms with Crippen molar-refractivity contribution in [2.45, 2.75) is 6.61 Å². The summed E-state index contributed by atoms with van der Waals surface area (Å²) < 4.78 is 15.6. The van der Waals surface area contributed by atoms with Crippen LogP contribution in [0.2, 0.25) is 10.0 Å². The Morgan fingerprint density at radius 2 is 1.79 bits per heavy atom. The zero-order chi connectivity index (χ0) is 17.5. The normalized spacial score (nSPS) is 10.7. The van der Waals surface area contributed by atoms with Crippen molar-refractivity contribution in [2.75, 3.05) is 14.2 Å². The Morgan fingerprint density at radius 3 is 2.42 bits per heavy atom. The summed E-state index contributed by atoms with van der Waals surface area (Å²) in [6.45, 7) is 0.00142. The van der Waals surface area contributed by atoms with Gasteiger partial charge in [0.2, 0.25) is 0 Å². The smallest absolute Gasteiger partial charge is 0.331 e. The van der Waals surface area contributed by atoms with Crippen LogP contribution in [0.15, 0.2) is 42.5 Å². The molecular formula is C18H16Cl2O4. The largest absolute Gasteiger partial charge is 0.497 e. The second kappa shape index (κ2) is 8.62. The van der Waals surface area contributed by atoms with Crippen LogP contribution in [0.5, 0.6) is 11.5 Å². The number of carbonyl (C=O) groups excluding carboxylic acids is 1. The Labute approximate surface area is 150 Å². The first-order chi connectivity index (χ1) is 11.5. The molecule has 0 saturated heterocycles. The average Bonchev–Trinajstić information content (AvgIpc) is 2.59. The zero-order valence-corrected chi connectivity index (χ0v) is 14.7. The lowest BCUT2D eigenvalue weighted by Crippen LogP contribution is -2.02. The van der Waals surface area contributed by atoms with Gasteiger partial charge in [-0.2, -0.15) is 0 Å². The van der Waals surface area contributed by atoms with Crippen LogP contribution in [-0.2, 0) is 16.1 Å². The fourth-order valence-corrected chi connectivity index (χ4v) is 2.48. The monoisotopic (exact) mass is 366 g/mol. The Morgan fingerprint density at radius 1 is 1.08 bits per heavy atom. The van der Waals surface area contributed by atoms with Crippen molar-refractivity contribution >= 4 is 35.2 Å². The summed E-state index contributed by atoms with van der Waals surface area (Å²) >= 11 is 12.1. The first-order valence-corrected chi connectivity index (χ1v) is 7.80. The summed E-state index contributed by atoms with van der Waals surface area (Å²) in [5.74, 6) is 0.747. The van der Waals surface area contributed by atoms with Crippen LogP contribution < -0.4 is 9.47 Å². The summed E-state index contributed by atoms with van der Waals surface area (Å²) in [6, 6.07) is 10.4. The first kappa shape index (κ1) is 18.2. The van der Waals surface area contributed by atoms with Gasteiger partial charge in [-0.1, -0.05) is 29.3 Å². The van der Waals surface area contributed by atoms with Gasteiger partial charge in [-0.15, -0.1) is 0 Å². The predicted molar refractivity (Wildman–Crippen MR) is 94.8 cm³/mol. The fraction of sp³-hybridized carbons (Fsp3) is 0.167. The number of hydrogen-bond donors (Lipinski definition) is 0. The van der Waals surface area contributed by atoms with E-state index < -0.39 is 5.97 Å². The number of esters is 1. The molecule has 2 aromatic carbocycles. The Balaban J connectivity index is 2.03. The maximum atomic E-state index is 11.9. The third kappa shape index (κ3) is 4.66. The summed E-state index contributed by atoms with van der Waals surface area (Å²) in [6.07, 6.45) is 2.92. The van der Waals surface area contributed by atoms with Crippen LogP contribution in [-0.4, -0.2) is 20.2 Å². The number of carbonyl (C=O) groups is 1. The molecule has 0 bridgehead atoms. The number of ether oxygens (including phenoxy) is 3. The highest BCUT2D eigenvalue weighted by atomic mass is 35.5. The lowest BCUT2D eigenvalue weighted by Gasteiger charge is -2.08. The van der Waals surface area contributed by atoms with E-state index in [0.29, 0.717) is 27.1 Å². The maximum Gasteiger partial charge on any atom is 0.331 e. The SMILES string of the molecule is COc1ccc(/C=C/C(=O)OCc2c(Cl)cccc2Cl)c(OC)c1. The van der Waals surface area contributed by atoms with Crippen LogP contribution in [0.25, 0.3) is 6.08 Å². The van der Waals surface area contributed by atoms with Gasteiger partial charge in [0.1, 0.15) is 18.1 Å². The Bertz CT molecular complexity index is 736. The van der Waals surface area contributed by atoms with Gasteiger partial charge < -0.3 is 14.2 Å². The van der Waals surface area contributed by atoms with E-state index in [2.05, 4.69) is 0 Å². The highest BCUT2D eigenvalue weighted by molar-refractivity contribution is 6.35. The molecule has 0 saturated carbocycles. The quantitative estimate of drug-likeness (QED) is 0.545. The summed E-state index contributed by atoms with van der Waals surface area (Å²) in [5.41, 5.74) is 1.30. The molecule has 0 spiro atoms. The van der Waals surface area contributed by atoms with Crippen LogP contribution >= 0.6 is 23.2 Å². The van der Waals surface area contributed by atoms with Crippen molar-refractivity contribution in [3.05, 3.63) is 63.6 Å². The van der Waals surface area contributed by atoms with E-state index in [1.807, 2.05) is 0 Å². The van der Waals surface area contributed by atoms with Crippen molar-refractivity contribution in [2.24, 2.45) is 0 Å². The molecule has 2 rings (SSSR count). The Hall–Kier alpha value is -2.17. The number of rotatable bonds is 6. The highest BCUT2D eigenvalue weighted by Gasteiger charge is 2.08. The van der Waals surface area contributed by atoms with E-state index in [1.165, 1.54) is 6.08 Å². The summed E-state index contributed by atoms with van der Waals surface area (Å²) in [5, 5.41) is 0.909. The molecule has 0 fully saturated rings. The number of benzene rings is 2. The topological polar surface area (TPSA) is 44.8 Å². The number of methoxy groups -OCH3 is 2. The van der Waals surface area contributed by atoms with Crippen molar-refractivity contribution in [1.29, 1.82) is 0 Å². The standard InChI is InChI=1S/C18H16Cl2O4/c1-22-13-8-6-12(17(10-13)23-2)7-9-18(21)24-11-14-15(19)4-3-5-16(14)20/h3-10H,11H2,1-2H3/b9-7+. The first-order valence-electron chi connectivity index (χ1n) is 7.05. The van der Waals surface area contributed by atoms with Crippen molar-refractivity contribution < 1.29 is 19.0 Å². The molecule has 4 nitrogen and oxygen atoms in total. The Kier molecular flexibility index (Phi) is 6.53. The molecule has 0 amide bonds. The van der Waals surface area contributed by atoms with E-state index in [4.69, 9.17) is 37.4 Å². The van der Waals surface area contributed by atoms with Gasteiger partial charge in [0.05, 0.1) is 14.2 Å². The van der Waals surface area contributed by atoms with Gasteiger partial charge in [-0.3, -0.25) is 0 Å². The predicted octanol–water partition coefficient (Wildman–Crippen LogP) is 4.77. The molecule has 0 radical (unpaired) electrons. The molecule has 0 aliphatic heterocycles. The molecule has 0 aromatic heterocycles. The van der Waals surface area contributed by atoms with Gasteiger partial charge in [0.15, 0.2) is 0 Å². The second-order valence-corrected chi connectivity index (χ2v) is 5.56. The van der Waals surface area contributed by atoms with Crippen molar-refractivity contribution in [3.8, 4) is 11.5 Å². The minimum Gasteiger partial charge on any atom is -0.497 e. The van der Waals surface area contributed by atoms with E-state index in [0.717, 1.165) is 5.56 Å². The van der Waals surface area contributed by atoms with Crippen molar-refractivity contribution in [1.82, 2.24) is 0 Å². The molecule has 0 N–H and O–H groups in total. The molecule has 0 unspecified atom stereocenters. The zero-order valence-electron chi connectivity index (χ0n) is 13.2. The van der Waals surface area contributed by atoms with E-state index in [1.54, 1.807) is 56.7 Å². The third-order valence-electron chi connectivity index (χ3n) is 3.26. The molecule has 126 valence electrons. The molecule has 2 aromatic rings. The molecule has 24 heavy (non-hydrogen) atoms. The van der Waals surface area contributed by atoms with E-state index >= 15 is 0 Å². The van der Waals surface area contributed by atoms with Crippen LogP contribution in [0.1, 0.15) is 11.1 Å². The summed E-state index contributed by atoms with van der Waals surface area (Å²) in [7, 11) is 3.12. The average molecular weight is 367 g/mol. The van der Waals surface area contributed by atoms with Crippen LogP contribution in [0.4, 0.5) is 0 Å². The lowest BCUT2D eigenvalue weighted by atomic mass is 10.1. The van der Waals surface area contributed by atoms with Crippen molar-refractivity contribution in [3.63, 3.8) is 0 Å². The van der Waals surface area contributed by atoms with Gasteiger partial charge in [0, 0.05) is 33.3 Å². The molecule has 0 heterocycles. The molecule has 0 aliphatic rings. The molecule has 0 aliphatic carbocycles. The van der Waals surface area contributed by atoms with E-state index in [9.17, 15) is 4.79 Å².